The maximum atomic E-state index is 12.5. The lowest BCUT2D eigenvalue weighted by Crippen LogP contribution is -2.41. The monoisotopic (exact) mass is 353 g/mol. The molecule has 0 N–H and O–H groups in total. The van der Waals surface area contributed by atoms with Crippen LogP contribution in [-0.4, -0.2) is 45.2 Å². The first kappa shape index (κ1) is 18.8. The SMILES string of the molecule is COc1ccc(C)cc1CS(=O)(=O)CC(=O)N(C)C1CCCCC1. The van der Waals surface area contributed by atoms with Gasteiger partial charge in [-0.05, 0) is 25.8 Å². The highest BCUT2D eigenvalue weighted by Gasteiger charge is 2.26. The lowest BCUT2D eigenvalue weighted by molar-refractivity contribution is -0.129. The summed E-state index contributed by atoms with van der Waals surface area (Å²) in [5.41, 5.74) is 1.57. The van der Waals surface area contributed by atoms with E-state index in [1.165, 1.54) is 13.5 Å². The quantitative estimate of drug-likeness (QED) is 0.789. The molecule has 1 saturated carbocycles. The van der Waals surface area contributed by atoms with Crippen molar-refractivity contribution in [1.29, 1.82) is 0 Å². The van der Waals surface area contributed by atoms with E-state index in [4.69, 9.17) is 4.74 Å². The van der Waals surface area contributed by atoms with Gasteiger partial charge in [-0.2, -0.15) is 0 Å². The maximum Gasteiger partial charge on any atom is 0.237 e. The van der Waals surface area contributed by atoms with Crippen molar-refractivity contribution in [3.8, 4) is 5.75 Å². The highest BCUT2D eigenvalue weighted by Crippen LogP contribution is 2.24. The molecule has 0 unspecified atom stereocenters. The van der Waals surface area contributed by atoms with Crippen molar-refractivity contribution in [3.05, 3.63) is 29.3 Å². The molecule has 0 atom stereocenters. The topological polar surface area (TPSA) is 63.7 Å². The Morgan fingerprint density at radius 3 is 2.54 bits per heavy atom. The van der Waals surface area contributed by atoms with Crippen LogP contribution in [-0.2, 0) is 20.4 Å². The number of hydrogen-bond acceptors (Lipinski definition) is 4. The molecule has 1 amide bonds. The van der Waals surface area contributed by atoms with Crippen LogP contribution in [0.5, 0.6) is 5.75 Å². The van der Waals surface area contributed by atoms with Gasteiger partial charge in [0.25, 0.3) is 0 Å². The normalized spacial score (nSPS) is 16.0. The van der Waals surface area contributed by atoms with E-state index in [2.05, 4.69) is 0 Å². The lowest BCUT2D eigenvalue weighted by Gasteiger charge is -2.31. The summed E-state index contributed by atoms with van der Waals surface area (Å²) in [5, 5.41) is 0. The van der Waals surface area contributed by atoms with Crippen LogP contribution in [0.3, 0.4) is 0 Å². The number of sulfone groups is 1. The van der Waals surface area contributed by atoms with Crippen LogP contribution in [0.1, 0.15) is 43.2 Å². The lowest BCUT2D eigenvalue weighted by atomic mass is 9.94. The number of aryl methyl sites for hydroxylation is 1. The fourth-order valence-corrected chi connectivity index (χ4v) is 4.65. The van der Waals surface area contributed by atoms with Crippen LogP contribution in [0.25, 0.3) is 0 Å². The van der Waals surface area contributed by atoms with Gasteiger partial charge >= 0.3 is 0 Å². The molecule has 1 aromatic rings. The Morgan fingerprint density at radius 1 is 1.25 bits per heavy atom. The highest BCUT2D eigenvalue weighted by atomic mass is 32.2. The molecule has 5 nitrogen and oxygen atoms in total. The Bertz CT molecular complexity index is 678. The third-order valence-electron chi connectivity index (χ3n) is 4.67. The number of carbonyl (C=O) groups is 1. The molecule has 0 spiro atoms. The Balaban J connectivity index is 2.05. The van der Waals surface area contributed by atoms with Crippen molar-refractivity contribution in [2.45, 2.75) is 50.8 Å². The third-order valence-corrected chi connectivity index (χ3v) is 6.11. The van der Waals surface area contributed by atoms with E-state index < -0.39 is 15.6 Å². The van der Waals surface area contributed by atoms with Gasteiger partial charge in [0.15, 0.2) is 9.84 Å². The van der Waals surface area contributed by atoms with E-state index in [0.717, 1.165) is 31.2 Å². The zero-order valence-corrected chi connectivity index (χ0v) is 15.6. The average molecular weight is 353 g/mol. The molecule has 1 fully saturated rings. The van der Waals surface area contributed by atoms with E-state index in [1.807, 2.05) is 13.0 Å². The van der Waals surface area contributed by atoms with Gasteiger partial charge in [0.1, 0.15) is 11.5 Å². The van der Waals surface area contributed by atoms with Gasteiger partial charge in [-0.3, -0.25) is 4.79 Å². The summed E-state index contributed by atoms with van der Waals surface area (Å²) >= 11 is 0. The number of amides is 1. The maximum absolute atomic E-state index is 12.5. The van der Waals surface area contributed by atoms with E-state index in [-0.39, 0.29) is 17.7 Å². The Hall–Kier alpha value is -1.56. The molecule has 134 valence electrons. The number of nitrogens with zero attached hydrogens (tertiary/aromatic N) is 1. The zero-order chi connectivity index (χ0) is 17.7. The summed E-state index contributed by atoms with van der Waals surface area (Å²) in [6.45, 7) is 1.90. The van der Waals surface area contributed by atoms with Crippen molar-refractivity contribution >= 4 is 15.7 Å². The second-order valence-electron chi connectivity index (χ2n) is 6.64. The van der Waals surface area contributed by atoms with Crippen LogP contribution < -0.4 is 4.74 Å². The zero-order valence-electron chi connectivity index (χ0n) is 14.7. The minimum atomic E-state index is -3.54. The van der Waals surface area contributed by atoms with E-state index in [0.29, 0.717) is 11.3 Å². The fourth-order valence-electron chi connectivity index (χ4n) is 3.27. The summed E-state index contributed by atoms with van der Waals surface area (Å²) in [4.78, 5) is 14.0. The predicted molar refractivity (Wildman–Crippen MR) is 94.9 cm³/mol. The molecule has 0 aliphatic heterocycles. The van der Waals surface area contributed by atoms with Gasteiger partial charge in [-0.15, -0.1) is 0 Å². The molecule has 1 aromatic carbocycles. The van der Waals surface area contributed by atoms with Gasteiger partial charge in [0, 0.05) is 18.7 Å². The van der Waals surface area contributed by atoms with E-state index in [9.17, 15) is 13.2 Å². The summed E-state index contributed by atoms with van der Waals surface area (Å²) in [6, 6.07) is 5.61. The second kappa shape index (κ2) is 8.01. The van der Waals surface area contributed by atoms with E-state index in [1.54, 1.807) is 24.1 Å². The Kier molecular flexibility index (Phi) is 6.27. The van der Waals surface area contributed by atoms with Crippen LogP contribution >= 0.6 is 0 Å². The van der Waals surface area contributed by atoms with Crippen LogP contribution in [0, 0.1) is 6.92 Å². The third kappa shape index (κ3) is 4.97. The first-order valence-corrected chi connectivity index (χ1v) is 10.2. The molecule has 1 aliphatic rings. The molecule has 0 saturated heterocycles. The minimum Gasteiger partial charge on any atom is -0.496 e. The van der Waals surface area contributed by atoms with Gasteiger partial charge in [-0.1, -0.05) is 37.0 Å². The predicted octanol–water partition coefficient (Wildman–Crippen LogP) is 2.71. The average Bonchev–Trinajstić information content (AvgIpc) is 2.54. The van der Waals surface area contributed by atoms with Gasteiger partial charge in [0.05, 0.1) is 12.9 Å². The molecule has 0 radical (unpaired) electrons. The van der Waals surface area contributed by atoms with Crippen molar-refractivity contribution in [2.75, 3.05) is 19.9 Å². The summed E-state index contributed by atoms with van der Waals surface area (Å²) in [5.74, 6) is -0.398. The second-order valence-corrected chi connectivity index (χ2v) is 8.71. The molecule has 1 aliphatic carbocycles. The molecule has 0 heterocycles. The largest absolute Gasteiger partial charge is 0.496 e. The van der Waals surface area contributed by atoms with Crippen molar-refractivity contribution in [2.24, 2.45) is 0 Å². The Morgan fingerprint density at radius 2 is 1.92 bits per heavy atom. The fraction of sp³-hybridized carbons (Fsp3) is 0.611. The smallest absolute Gasteiger partial charge is 0.237 e. The Labute approximate surface area is 144 Å². The van der Waals surface area contributed by atoms with Crippen molar-refractivity contribution in [3.63, 3.8) is 0 Å². The van der Waals surface area contributed by atoms with Gasteiger partial charge in [-0.25, -0.2) is 8.42 Å². The van der Waals surface area contributed by atoms with Gasteiger partial charge in [0.2, 0.25) is 5.91 Å². The molecule has 6 heteroatoms. The standard InChI is InChI=1S/C18H27NO4S/c1-14-9-10-17(23-3)15(11-14)12-24(21,22)13-18(20)19(2)16-7-5-4-6-8-16/h9-11,16H,4-8,12-13H2,1-3H3. The number of ether oxygens (including phenoxy) is 1. The summed E-state index contributed by atoms with van der Waals surface area (Å²) in [7, 11) is -0.298. The first-order valence-electron chi connectivity index (χ1n) is 8.42. The number of methoxy groups -OCH3 is 1. The molecule has 24 heavy (non-hydrogen) atoms. The summed E-state index contributed by atoms with van der Waals surface area (Å²) in [6.07, 6.45) is 5.34. The first-order chi connectivity index (χ1) is 11.3. The van der Waals surface area contributed by atoms with E-state index >= 15 is 0 Å². The highest BCUT2D eigenvalue weighted by molar-refractivity contribution is 7.91. The number of rotatable bonds is 6. The minimum absolute atomic E-state index is 0.176. The van der Waals surface area contributed by atoms with Crippen molar-refractivity contribution in [1.82, 2.24) is 4.90 Å². The molecular weight excluding hydrogens is 326 g/mol. The molecular formula is C18H27NO4S. The van der Waals surface area contributed by atoms with Crippen LogP contribution in [0.2, 0.25) is 0 Å². The van der Waals surface area contributed by atoms with Crippen LogP contribution in [0.15, 0.2) is 18.2 Å². The number of hydrogen-bond donors (Lipinski definition) is 0. The summed E-state index contributed by atoms with van der Waals surface area (Å²) < 4.78 is 30.2. The van der Waals surface area contributed by atoms with Crippen molar-refractivity contribution < 1.29 is 17.9 Å². The number of carbonyl (C=O) groups excluding carboxylic acids is 1. The van der Waals surface area contributed by atoms with Gasteiger partial charge < -0.3 is 9.64 Å². The number of benzene rings is 1. The molecule has 0 bridgehead atoms. The molecule has 2 rings (SSSR count). The van der Waals surface area contributed by atoms with Crippen LogP contribution in [0.4, 0.5) is 0 Å². The molecule has 0 aromatic heterocycles.